The number of rotatable bonds is 3. The van der Waals surface area contributed by atoms with Gasteiger partial charge in [-0.15, -0.1) is 0 Å². The first-order chi connectivity index (χ1) is 9.79. The second-order valence-corrected chi connectivity index (χ2v) is 6.24. The molecular weight excluding hydrogens is 314 g/mol. The molecule has 1 unspecified atom stereocenters. The van der Waals surface area contributed by atoms with E-state index in [2.05, 4.69) is 55.4 Å². The highest BCUT2D eigenvalue weighted by Crippen LogP contribution is 2.29. The van der Waals surface area contributed by atoms with E-state index in [1.54, 1.807) is 0 Å². The first-order valence-electron chi connectivity index (χ1n) is 7.25. The lowest BCUT2D eigenvalue weighted by Crippen LogP contribution is -2.16. The Bertz CT molecular complexity index is 591. The van der Waals surface area contributed by atoms with Gasteiger partial charge in [0, 0.05) is 21.8 Å². The van der Waals surface area contributed by atoms with Crippen molar-refractivity contribution in [1.29, 1.82) is 0 Å². The first kappa shape index (κ1) is 13.8. The van der Waals surface area contributed by atoms with Crippen LogP contribution in [0.15, 0.2) is 34.9 Å². The Kier molecular flexibility index (Phi) is 4.22. The van der Waals surface area contributed by atoms with Crippen LogP contribution in [0.1, 0.15) is 42.1 Å². The molecule has 0 radical (unpaired) electrons. The summed E-state index contributed by atoms with van der Waals surface area (Å²) < 4.78 is 3.33. The smallest absolute Gasteiger partial charge is 0.0673 e. The molecule has 20 heavy (non-hydrogen) atoms. The quantitative estimate of drug-likeness (QED) is 0.868. The lowest BCUT2D eigenvalue weighted by Gasteiger charge is -2.14. The summed E-state index contributed by atoms with van der Waals surface area (Å²) in [7, 11) is 2.05. The summed E-state index contributed by atoms with van der Waals surface area (Å²) in [6, 6.07) is 8.84. The van der Waals surface area contributed by atoms with Gasteiger partial charge in [-0.3, -0.25) is 4.68 Å². The molecule has 1 N–H and O–H groups in total. The summed E-state index contributed by atoms with van der Waals surface area (Å²) >= 11 is 3.63. The van der Waals surface area contributed by atoms with Crippen molar-refractivity contribution in [2.75, 3.05) is 7.05 Å². The maximum atomic E-state index is 4.63. The van der Waals surface area contributed by atoms with E-state index in [1.165, 1.54) is 36.1 Å². The molecule has 0 bridgehead atoms. The summed E-state index contributed by atoms with van der Waals surface area (Å²) in [6.45, 7) is 0.840. The highest BCUT2D eigenvalue weighted by atomic mass is 79.9. The van der Waals surface area contributed by atoms with Crippen LogP contribution in [0.3, 0.4) is 0 Å². The highest BCUT2D eigenvalue weighted by molar-refractivity contribution is 9.10. The first-order valence-corrected chi connectivity index (χ1v) is 8.04. The Morgan fingerprint density at radius 2 is 2.20 bits per heavy atom. The van der Waals surface area contributed by atoms with E-state index in [4.69, 9.17) is 0 Å². The van der Waals surface area contributed by atoms with Crippen LogP contribution >= 0.6 is 15.9 Å². The van der Waals surface area contributed by atoms with E-state index >= 15 is 0 Å². The van der Waals surface area contributed by atoms with Crippen molar-refractivity contribution in [2.24, 2.45) is 0 Å². The Hall–Kier alpha value is -1.13. The predicted octanol–water partition coefficient (Wildman–Crippen LogP) is 3.68. The summed E-state index contributed by atoms with van der Waals surface area (Å²) in [6.07, 6.45) is 6.95. The molecule has 1 atom stereocenters. The van der Waals surface area contributed by atoms with E-state index in [0.29, 0.717) is 6.04 Å². The molecule has 3 nitrogen and oxygen atoms in total. The molecule has 0 saturated heterocycles. The van der Waals surface area contributed by atoms with Gasteiger partial charge in [0.25, 0.3) is 0 Å². The number of benzene rings is 1. The normalized spacial score (nSPS) is 18.6. The molecule has 4 heteroatoms. The van der Waals surface area contributed by atoms with Crippen LogP contribution in [-0.4, -0.2) is 16.8 Å². The van der Waals surface area contributed by atoms with Gasteiger partial charge in [-0.2, -0.15) is 5.10 Å². The van der Waals surface area contributed by atoms with Crippen molar-refractivity contribution in [3.05, 3.63) is 51.8 Å². The van der Waals surface area contributed by atoms with Crippen molar-refractivity contribution in [2.45, 2.75) is 38.3 Å². The molecule has 1 aromatic heterocycles. The zero-order valence-electron chi connectivity index (χ0n) is 11.8. The van der Waals surface area contributed by atoms with Crippen LogP contribution in [0.4, 0.5) is 0 Å². The minimum Gasteiger partial charge on any atom is -0.313 e. The number of hydrogen-bond donors (Lipinski definition) is 1. The number of aromatic nitrogens is 2. The van der Waals surface area contributed by atoms with Crippen molar-refractivity contribution >= 4 is 15.9 Å². The molecule has 3 rings (SSSR count). The SMILES string of the molecule is CNC1CCCCc2c1cnn2Cc1ccccc1Br. The Labute approximate surface area is 128 Å². The van der Waals surface area contributed by atoms with Gasteiger partial charge in [-0.05, 0) is 37.9 Å². The number of nitrogens with zero attached hydrogens (tertiary/aromatic N) is 2. The third-order valence-corrected chi connectivity index (χ3v) is 4.91. The van der Waals surface area contributed by atoms with Gasteiger partial charge in [0.1, 0.15) is 0 Å². The second kappa shape index (κ2) is 6.10. The molecule has 2 aromatic rings. The van der Waals surface area contributed by atoms with Crippen molar-refractivity contribution in [3.8, 4) is 0 Å². The zero-order valence-corrected chi connectivity index (χ0v) is 13.4. The van der Waals surface area contributed by atoms with Crippen LogP contribution in [0.25, 0.3) is 0 Å². The maximum absolute atomic E-state index is 4.63. The molecule has 106 valence electrons. The van der Waals surface area contributed by atoms with Crippen molar-refractivity contribution < 1.29 is 0 Å². The zero-order chi connectivity index (χ0) is 13.9. The van der Waals surface area contributed by atoms with E-state index in [9.17, 15) is 0 Å². The average molecular weight is 334 g/mol. The van der Waals surface area contributed by atoms with Crippen LogP contribution in [0.5, 0.6) is 0 Å². The topological polar surface area (TPSA) is 29.9 Å². The van der Waals surface area contributed by atoms with Gasteiger partial charge >= 0.3 is 0 Å². The Morgan fingerprint density at radius 3 is 3.00 bits per heavy atom. The largest absolute Gasteiger partial charge is 0.313 e. The molecule has 0 amide bonds. The van der Waals surface area contributed by atoms with E-state index in [0.717, 1.165) is 17.4 Å². The minimum absolute atomic E-state index is 0.459. The summed E-state index contributed by atoms with van der Waals surface area (Å²) in [4.78, 5) is 0. The van der Waals surface area contributed by atoms with Gasteiger partial charge < -0.3 is 5.32 Å². The summed E-state index contributed by atoms with van der Waals surface area (Å²) in [5.74, 6) is 0. The third-order valence-electron chi connectivity index (χ3n) is 4.14. The van der Waals surface area contributed by atoms with Crippen molar-refractivity contribution in [1.82, 2.24) is 15.1 Å². The van der Waals surface area contributed by atoms with Gasteiger partial charge in [0.2, 0.25) is 0 Å². The number of hydrogen-bond acceptors (Lipinski definition) is 2. The highest BCUT2D eigenvalue weighted by Gasteiger charge is 2.21. The van der Waals surface area contributed by atoms with Crippen LogP contribution in [0, 0.1) is 0 Å². The van der Waals surface area contributed by atoms with Crippen LogP contribution in [-0.2, 0) is 13.0 Å². The Morgan fingerprint density at radius 1 is 1.35 bits per heavy atom. The molecular formula is C16H20BrN3. The molecule has 1 aliphatic carbocycles. The van der Waals surface area contributed by atoms with Gasteiger partial charge in [0.15, 0.2) is 0 Å². The average Bonchev–Trinajstić information content (AvgIpc) is 2.73. The fraction of sp³-hybridized carbons (Fsp3) is 0.438. The third kappa shape index (κ3) is 2.67. The molecule has 0 aliphatic heterocycles. The lowest BCUT2D eigenvalue weighted by atomic mass is 10.1. The monoisotopic (exact) mass is 333 g/mol. The molecule has 1 aliphatic rings. The van der Waals surface area contributed by atoms with E-state index in [-0.39, 0.29) is 0 Å². The standard InChI is InChI=1S/C16H20BrN3/c1-18-15-8-4-5-9-16-13(15)10-19-20(16)11-12-6-2-3-7-14(12)17/h2-3,6-7,10,15,18H,4-5,8-9,11H2,1H3. The van der Waals surface area contributed by atoms with E-state index in [1.807, 2.05) is 13.1 Å². The van der Waals surface area contributed by atoms with Crippen LogP contribution in [0.2, 0.25) is 0 Å². The van der Waals surface area contributed by atoms with Gasteiger partial charge in [-0.1, -0.05) is 40.5 Å². The fourth-order valence-corrected chi connectivity index (χ4v) is 3.42. The van der Waals surface area contributed by atoms with E-state index < -0.39 is 0 Å². The maximum Gasteiger partial charge on any atom is 0.0673 e. The summed E-state index contributed by atoms with van der Waals surface area (Å²) in [5, 5.41) is 8.06. The molecule has 0 saturated carbocycles. The van der Waals surface area contributed by atoms with Crippen LogP contribution < -0.4 is 5.32 Å². The summed E-state index contributed by atoms with van der Waals surface area (Å²) in [5.41, 5.74) is 4.07. The number of nitrogens with one attached hydrogen (secondary N) is 1. The molecule has 0 spiro atoms. The number of halogens is 1. The minimum atomic E-state index is 0.459. The molecule has 1 heterocycles. The van der Waals surface area contributed by atoms with Gasteiger partial charge in [0.05, 0.1) is 12.7 Å². The Balaban J connectivity index is 1.92. The molecule has 1 aromatic carbocycles. The molecule has 0 fully saturated rings. The van der Waals surface area contributed by atoms with Gasteiger partial charge in [-0.25, -0.2) is 0 Å². The fourth-order valence-electron chi connectivity index (χ4n) is 3.01. The lowest BCUT2D eigenvalue weighted by molar-refractivity contribution is 0.532. The second-order valence-electron chi connectivity index (χ2n) is 5.38. The number of fused-ring (bicyclic) bond motifs is 1. The predicted molar refractivity (Wildman–Crippen MR) is 84.8 cm³/mol. The van der Waals surface area contributed by atoms with Crippen molar-refractivity contribution in [3.63, 3.8) is 0 Å².